The van der Waals surface area contributed by atoms with Crippen molar-refractivity contribution in [3.05, 3.63) is 107 Å². The Labute approximate surface area is 245 Å². The third kappa shape index (κ3) is 6.78. The number of halogens is 2. The summed E-state index contributed by atoms with van der Waals surface area (Å²) >= 11 is 0. The molecule has 3 atom stereocenters. The van der Waals surface area contributed by atoms with Crippen LogP contribution < -0.4 is 5.32 Å². The lowest BCUT2D eigenvalue weighted by atomic mass is 10.0. The predicted octanol–water partition coefficient (Wildman–Crippen LogP) is 4.11. The van der Waals surface area contributed by atoms with Gasteiger partial charge in [0.05, 0.1) is 6.54 Å². The van der Waals surface area contributed by atoms with Crippen LogP contribution in [0.5, 0.6) is 0 Å². The molecule has 0 saturated carbocycles. The molecule has 0 bridgehead atoms. The van der Waals surface area contributed by atoms with Gasteiger partial charge in [0, 0.05) is 50.3 Å². The van der Waals surface area contributed by atoms with Crippen molar-refractivity contribution >= 4 is 11.9 Å². The van der Waals surface area contributed by atoms with Crippen LogP contribution in [0.25, 0.3) is 0 Å². The molecule has 3 aromatic rings. The molecule has 10 heteroatoms. The number of carbonyl (C=O) groups excluding carboxylic acids is 2. The van der Waals surface area contributed by atoms with Crippen molar-refractivity contribution in [3.8, 4) is 0 Å². The van der Waals surface area contributed by atoms with E-state index in [4.69, 9.17) is 0 Å². The Hall–Kier alpha value is -3.86. The van der Waals surface area contributed by atoms with E-state index in [1.165, 1.54) is 12.1 Å². The molecule has 8 nitrogen and oxygen atoms in total. The van der Waals surface area contributed by atoms with Gasteiger partial charge >= 0.3 is 6.03 Å². The first-order chi connectivity index (χ1) is 20.3. The van der Waals surface area contributed by atoms with Gasteiger partial charge in [-0.05, 0) is 30.0 Å². The Morgan fingerprint density at radius 2 is 1.71 bits per heavy atom. The fraction of sp³-hybridized carbons (Fsp3) is 0.375. The van der Waals surface area contributed by atoms with E-state index >= 15 is 0 Å². The summed E-state index contributed by atoms with van der Waals surface area (Å²) in [5, 5.41) is 17.7. The van der Waals surface area contributed by atoms with E-state index in [-0.39, 0.29) is 49.6 Å². The topological polar surface area (TPSA) is 79.4 Å². The Morgan fingerprint density at radius 3 is 2.38 bits per heavy atom. The molecule has 3 aromatic carbocycles. The highest BCUT2D eigenvalue weighted by molar-refractivity contribution is 5.82. The van der Waals surface area contributed by atoms with Gasteiger partial charge in [0.25, 0.3) is 0 Å². The van der Waals surface area contributed by atoms with E-state index in [0.717, 1.165) is 17.2 Å². The Morgan fingerprint density at radius 1 is 1.02 bits per heavy atom. The van der Waals surface area contributed by atoms with Crippen LogP contribution in [0.15, 0.2) is 78.9 Å². The zero-order valence-electron chi connectivity index (χ0n) is 23.7. The zero-order valence-corrected chi connectivity index (χ0v) is 23.7. The quantitative estimate of drug-likeness (QED) is 0.400. The normalized spacial score (nSPS) is 21.2. The average molecular weight is 578 g/mol. The molecule has 2 saturated heterocycles. The van der Waals surface area contributed by atoms with Crippen LogP contribution in [0.3, 0.4) is 0 Å². The van der Waals surface area contributed by atoms with Crippen molar-refractivity contribution in [1.29, 1.82) is 0 Å². The molecule has 0 aliphatic carbocycles. The standard InChI is InChI=1S/C32H37F2N5O3/c1-2-15-37(32(42)35-19-24-11-7-4-8-12-24)38-22-31(41)39-27(16-23-9-5-3-6-10-23)18-30(40)36(21-29(38)39)20-25-13-14-26(33)17-28(25)34/h3-14,17,27,29-30,40H,2,15-16,18-22H2,1H3,(H,35,42)/t27-,29+,30?/m0/s1. The molecule has 42 heavy (non-hydrogen) atoms. The summed E-state index contributed by atoms with van der Waals surface area (Å²) in [7, 11) is 0. The molecule has 2 aliphatic heterocycles. The number of rotatable bonds is 9. The first kappa shape index (κ1) is 29.6. The lowest BCUT2D eigenvalue weighted by molar-refractivity contribution is -0.130. The fourth-order valence-corrected chi connectivity index (χ4v) is 5.88. The molecule has 2 aliphatic rings. The molecule has 0 aromatic heterocycles. The zero-order chi connectivity index (χ0) is 29.6. The molecule has 0 radical (unpaired) electrons. The number of urea groups is 1. The van der Waals surface area contributed by atoms with Crippen LogP contribution in [-0.4, -0.2) is 74.9 Å². The van der Waals surface area contributed by atoms with E-state index in [1.54, 1.807) is 19.8 Å². The Balaban J connectivity index is 1.44. The van der Waals surface area contributed by atoms with Gasteiger partial charge < -0.3 is 15.3 Å². The van der Waals surface area contributed by atoms with E-state index in [9.17, 15) is 23.5 Å². The third-order valence-corrected chi connectivity index (χ3v) is 7.92. The van der Waals surface area contributed by atoms with Crippen LogP contribution in [0.4, 0.5) is 13.6 Å². The average Bonchev–Trinajstić information content (AvgIpc) is 3.23. The highest BCUT2D eigenvalue weighted by atomic mass is 19.1. The Kier molecular flexibility index (Phi) is 9.46. The number of aliphatic hydroxyl groups excluding tert-OH is 1. The fourth-order valence-electron chi connectivity index (χ4n) is 5.88. The van der Waals surface area contributed by atoms with Crippen LogP contribution in [0.1, 0.15) is 36.5 Å². The monoisotopic (exact) mass is 577 g/mol. The number of fused-ring (bicyclic) bond motifs is 1. The molecule has 1 unspecified atom stereocenters. The number of hydrogen-bond acceptors (Lipinski definition) is 5. The smallest absolute Gasteiger partial charge is 0.332 e. The van der Waals surface area contributed by atoms with Gasteiger partial charge in [-0.3, -0.25) is 14.7 Å². The number of carbonyl (C=O) groups is 2. The minimum atomic E-state index is -0.991. The molecule has 5 rings (SSSR count). The van der Waals surface area contributed by atoms with Crippen molar-refractivity contribution in [2.75, 3.05) is 19.6 Å². The number of nitrogens with zero attached hydrogens (tertiary/aromatic N) is 4. The van der Waals surface area contributed by atoms with Crippen LogP contribution in [0.2, 0.25) is 0 Å². The number of benzene rings is 3. The van der Waals surface area contributed by atoms with Crippen molar-refractivity contribution in [1.82, 2.24) is 25.1 Å². The maximum atomic E-state index is 14.7. The molecular formula is C32H37F2N5O3. The minimum Gasteiger partial charge on any atom is -0.378 e. The van der Waals surface area contributed by atoms with Gasteiger partial charge in [0.1, 0.15) is 24.0 Å². The second-order valence-corrected chi connectivity index (χ2v) is 10.9. The van der Waals surface area contributed by atoms with Crippen molar-refractivity contribution in [2.45, 2.75) is 57.7 Å². The first-order valence-corrected chi connectivity index (χ1v) is 14.4. The lowest BCUT2D eigenvalue weighted by Crippen LogP contribution is -2.58. The third-order valence-electron chi connectivity index (χ3n) is 7.92. The molecular weight excluding hydrogens is 540 g/mol. The summed E-state index contributed by atoms with van der Waals surface area (Å²) in [5.74, 6) is -1.51. The SMILES string of the molecule is CCCN(C(=O)NCc1ccccc1)N1CC(=O)N2[C@@H](Cc3ccccc3)CC(O)N(Cc3ccc(F)cc3F)C[C@@H]21. The summed E-state index contributed by atoms with van der Waals surface area (Å²) in [5.41, 5.74) is 2.21. The van der Waals surface area contributed by atoms with Crippen LogP contribution in [-0.2, 0) is 24.3 Å². The van der Waals surface area contributed by atoms with Crippen molar-refractivity contribution in [3.63, 3.8) is 0 Å². The summed E-state index contributed by atoms with van der Waals surface area (Å²) in [6.45, 7) is 2.88. The summed E-state index contributed by atoms with van der Waals surface area (Å²) < 4.78 is 28.3. The number of nitrogens with one attached hydrogen (secondary N) is 1. The lowest BCUT2D eigenvalue weighted by Gasteiger charge is -2.39. The predicted molar refractivity (Wildman–Crippen MR) is 154 cm³/mol. The summed E-state index contributed by atoms with van der Waals surface area (Å²) in [4.78, 5) is 30.7. The van der Waals surface area contributed by atoms with E-state index in [2.05, 4.69) is 5.32 Å². The second kappa shape index (κ2) is 13.4. The molecule has 2 N–H and O–H groups in total. The second-order valence-electron chi connectivity index (χ2n) is 10.9. The summed E-state index contributed by atoms with van der Waals surface area (Å²) in [6, 6.07) is 22.1. The number of hydrogen-bond donors (Lipinski definition) is 2. The first-order valence-electron chi connectivity index (χ1n) is 14.4. The van der Waals surface area contributed by atoms with Gasteiger partial charge in [-0.2, -0.15) is 5.01 Å². The van der Waals surface area contributed by atoms with Crippen LogP contribution >= 0.6 is 0 Å². The maximum Gasteiger partial charge on any atom is 0.332 e. The maximum absolute atomic E-state index is 14.7. The number of aliphatic hydroxyl groups is 1. The van der Waals surface area contributed by atoms with E-state index in [0.29, 0.717) is 25.9 Å². The molecule has 0 spiro atoms. The van der Waals surface area contributed by atoms with E-state index < -0.39 is 24.0 Å². The van der Waals surface area contributed by atoms with Gasteiger partial charge in [-0.15, -0.1) is 0 Å². The molecule has 222 valence electrons. The van der Waals surface area contributed by atoms with Crippen LogP contribution in [0, 0.1) is 11.6 Å². The number of hydrazine groups is 1. The summed E-state index contributed by atoms with van der Waals surface area (Å²) in [6.07, 6.45) is -0.157. The molecule has 3 amide bonds. The van der Waals surface area contributed by atoms with Gasteiger partial charge in [0.15, 0.2) is 0 Å². The number of amides is 3. The minimum absolute atomic E-state index is 0.00353. The highest BCUT2D eigenvalue weighted by Crippen LogP contribution is 2.31. The van der Waals surface area contributed by atoms with Gasteiger partial charge in [0.2, 0.25) is 5.91 Å². The van der Waals surface area contributed by atoms with E-state index in [1.807, 2.05) is 67.6 Å². The largest absolute Gasteiger partial charge is 0.378 e. The Bertz CT molecular complexity index is 1360. The van der Waals surface area contributed by atoms with Crippen molar-refractivity contribution < 1.29 is 23.5 Å². The molecule has 2 fully saturated rings. The van der Waals surface area contributed by atoms with Crippen molar-refractivity contribution in [2.24, 2.45) is 0 Å². The highest BCUT2D eigenvalue weighted by Gasteiger charge is 2.48. The van der Waals surface area contributed by atoms with Gasteiger partial charge in [-0.25, -0.2) is 13.6 Å². The van der Waals surface area contributed by atoms with Gasteiger partial charge in [-0.1, -0.05) is 73.7 Å². The molecule has 2 heterocycles.